The summed E-state index contributed by atoms with van der Waals surface area (Å²) in [7, 11) is 0. The van der Waals surface area contributed by atoms with Crippen LogP contribution in [-0.4, -0.2) is 15.7 Å². The van der Waals surface area contributed by atoms with Crippen molar-refractivity contribution in [3.8, 4) is 0 Å². The monoisotopic (exact) mass is 373 g/mol. The molecule has 2 rings (SSSR count). The number of carbonyl (C=O) groups is 1. The number of hydrogen-bond donors (Lipinski definition) is 1. The van der Waals surface area contributed by atoms with Crippen molar-refractivity contribution in [1.29, 1.82) is 0 Å². The number of aromatic nitrogens is 2. The molecule has 0 spiro atoms. The molecule has 0 bridgehead atoms. The molecule has 1 amide bonds. The van der Waals surface area contributed by atoms with E-state index in [2.05, 4.69) is 10.4 Å². The van der Waals surface area contributed by atoms with Crippen LogP contribution in [0.4, 0.5) is 0 Å². The normalized spacial score (nSPS) is 12.1. The number of carbonyl (C=O) groups excluding carboxylic acids is 1. The van der Waals surface area contributed by atoms with Crippen LogP contribution in [-0.2, 0) is 11.3 Å². The number of amides is 1. The molecule has 6 nitrogen and oxygen atoms in total. The van der Waals surface area contributed by atoms with Crippen molar-refractivity contribution < 1.29 is 9.21 Å². The molecule has 0 radical (unpaired) electrons. The van der Waals surface area contributed by atoms with Crippen molar-refractivity contribution >= 4 is 28.5 Å². The summed E-state index contributed by atoms with van der Waals surface area (Å²) >= 11 is 2.00. The number of halogens is 1. The lowest BCUT2D eigenvalue weighted by Gasteiger charge is -2.13. The van der Waals surface area contributed by atoms with Crippen LogP contribution in [0.5, 0.6) is 0 Å². The quantitative estimate of drug-likeness (QED) is 0.821. The van der Waals surface area contributed by atoms with Crippen molar-refractivity contribution in [1.82, 2.24) is 15.1 Å². The highest BCUT2D eigenvalue weighted by molar-refractivity contribution is 14.1. The van der Waals surface area contributed by atoms with E-state index in [1.807, 2.05) is 22.6 Å². The zero-order valence-electron chi connectivity index (χ0n) is 10.2. The first-order valence-corrected chi connectivity index (χ1v) is 6.70. The second kappa shape index (κ2) is 6.00. The number of furan rings is 1. The van der Waals surface area contributed by atoms with Crippen molar-refractivity contribution in [2.75, 3.05) is 0 Å². The molecule has 0 aromatic carbocycles. The average molecular weight is 373 g/mol. The van der Waals surface area contributed by atoms with Crippen LogP contribution in [0.3, 0.4) is 0 Å². The van der Waals surface area contributed by atoms with Crippen LogP contribution in [0.25, 0.3) is 0 Å². The summed E-state index contributed by atoms with van der Waals surface area (Å²) in [6, 6.07) is 4.28. The topological polar surface area (TPSA) is 77.1 Å². The van der Waals surface area contributed by atoms with Gasteiger partial charge < -0.3 is 9.73 Å². The second-order valence-electron chi connectivity index (χ2n) is 3.93. The van der Waals surface area contributed by atoms with Gasteiger partial charge in [0.2, 0.25) is 5.91 Å². The summed E-state index contributed by atoms with van der Waals surface area (Å²) in [6.45, 7) is 1.91. The van der Waals surface area contributed by atoms with Gasteiger partial charge in [-0.05, 0) is 41.6 Å². The molecule has 1 unspecified atom stereocenters. The molecular weight excluding hydrogens is 361 g/mol. The Balaban J connectivity index is 2.04. The fraction of sp³-hybridized carbons (Fsp3) is 0.250. The summed E-state index contributed by atoms with van der Waals surface area (Å²) in [5.41, 5.74) is -0.299. The fourth-order valence-electron chi connectivity index (χ4n) is 1.53. The minimum absolute atomic E-state index is 0.285. The largest absolute Gasteiger partial charge is 0.467 e. The van der Waals surface area contributed by atoms with Gasteiger partial charge in [-0.3, -0.25) is 9.59 Å². The number of nitrogens with zero attached hydrogens (tertiary/aromatic N) is 2. The molecule has 2 aromatic heterocycles. The Hall–Kier alpha value is -1.64. The average Bonchev–Trinajstić information content (AvgIpc) is 2.88. The van der Waals surface area contributed by atoms with Gasteiger partial charge in [0.25, 0.3) is 5.56 Å². The van der Waals surface area contributed by atoms with E-state index in [0.717, 1.165) is 8.25 Å². The second-order valence-corrected chi connectivity index (χ2v) is 5.18. The summed E-state index contributed by atoms with van der Waals surface area (Å²) < 4.78 is 7.00. The van der Waals surface area contributed by atoms with Crippen LogP contribution in [0.1, 0.15) is 18.7 Å². The molecule has 100 valence electrons. The van der Waals surface area contributed by atoms with Gasteiger partial charge in [0, 0.05) is 9.64 Å². The van der Waals surface area contributed by atoms with Crippen LogP contribution in [0.15, 0.2) is 39.9 Å². The van der Waals surface area contributed by atoms with Gasteiger partial charge in [0.05, 0.1) is 19.0 Å². The Bertz CT molecular complexity index is 621. The minimum atomic E-state index is -0.667. The smallest absolute Gasteiger partial charge is 0.268 e. The minimum Gasteiger partial charge on any atom is -0.467 e. The molecule has 0 aliphatic carbocycles. The van der Waals surface area contributed by atoms with Crippen molar-refractivity contribution in [3.05, 3.63) is 50.3 Å². The van der Waals surface area contributed by atoms with Crippen molar-refractivity contribution in [2.24, 2.45) is 0 Å². The number of nitrogens with one attached hydrogen (secondary N) is 1. The van der Waals surface area contributed by atoms with Crippen molar-refractivity contribution in [2.45, 2.75) is 19.5 Å². The van der Waals surface area contributed by atoms with Gasteiger partial charge in [-0.15, -0.1) is 0 Å². The summed E-state index contributed by atoms with van der Waals surface area (Å²) in [5, 5.41) is 6.65. The molecule has 19 heavy (non-hydrogen) atoms. The van der Waals surface area contributed by atoms with E-state index in [4.69, 9.17) is 4.42 Å². The fourth-order valence-corrected chi connectivity index (χ4v) is 1.92. The van der Waals surface area contributed by atoms with E-state index >= 15 is 0 Å². The highest BCUT2D eigenvalue weighted by Crippen LogP contribution is 2.04. The first-order chi connectivity index (χ1) is 9.08. The van der Waals surface area contributed by atoms with E-state index < -0.39 is 6.04 Å². The van der Waals surface area contributed by atoms with Crippen LogP contribution in [0.2, 0.25) is 0 Å². The van der Waals surface area contributed by atoms with Crippen molar-refractivity contribution in [3.63, 3.8) is 0 Å². The molecule has 2 aromatic rings. The third-order valence-corrected chi connectivity index (χ3v) is 3.15. The van der Waals surface area contributed by atoms with E-state index in [1.54, 1.807) is 19.1 Å². The third kappa shape index (κ3) is 3.43. The molecule has 7 heteroatoms. The first kappa shape index (κ1) is 13.8. The van der Waals surface area contributed by atoms with Gasteiger partial charge >= 0.3 is 0 Å². The first-order valence-electron chi connectivity index (χ1n) is 5.62. The third-order valence-electron chi connectivity index (χ3n) is 2.56. The number of rotatable bonds is 4. The predicted octanol–water partition coefficient (Wildman–Crippen LogP) is 1.32. The summed E-state index contributed by atoms with van der Waals surface area (Å²) in [5.74, 6) is 0.371. The Morgan fingerprint density at radius 3 is 3.05 bits per heavy atom. The maximum atomic E-state index is 11.9. The van der Waals surface area contributed by atoms with Gasteiger partial charge in [-0.25, -0.2) is 4.68 Å². The standard InChI is InChI=1S/C12H12IN3O3/c1-8(16-11(17)5-9(13)6-15-16)12(18)14-7-10-3-2-4-19-10/h2-6,8H,7H2,1H3,(H,14,18). The molecule has 0 saturated carbocycles. The molecule has 0 aliphatic rings. The van der Waals surface area contributed by atoms with Gasteiger partial charge in [-0.1, -0.05) is 0 Å². The van der Waals surface area contributed by atoms with E-state index in [-0.39, 0.29) is 18.0 Å². The molecule has 2 heterocycles. The summed E-state index contributed by atoms with van der Waals surface area (Å²) in [4.78, 5) is 23.6. The van der Waals surface area contributed by atoms with Gasteiger partial charge in [0.15, 0.2) is 0 Å². The Kier molecular flexibility index (Phi) is 4.35. The maximum absolute atomic E-state index is 11.9. The zero-order valence-corrected chi connectivity index (χ0v) is 12.3. The Morgan fingerprint density at radius 2 is 2.42 bits per heavy atom. The zero-order chi connectivity index (χ0) is 13.8. The highest BCUT2D eigenvalue weighted by Gasteiger charge is 2.17. The van der Waals surface area contributed by atoms with Crippen LogP contribution < -0.4 is 10.9 Å². The molecule has 0 saturated heterocycles. The molecule has 0 fully saturated rings. The van der Waals surface area contributed by atoms with E-state index in [9.17, 15) is 9.59 Å². The lowest BCUT2D eigenvalue weighted by Crippen LogP contribution is -2.36. The molecule has 0 aliphatic heterocycles. The lowest BCUT2D eigenvalue weighted by molar-refractivity contribution is -0.124. The Morgan fingerprint density at radius 1 is 1.63 bits per heavy atom. The number of hydrogen-bond acceptors (Lipinski definition) is 4. The van der Waals surface area contributed by atoms with Gasteiger partial charge in [0.1, 0.15) is 11.8 Å². The lowest BCUT2D eigenvalue weighted by atomic mass is 10.3. The molecule has 1 N–H and O–H groups in total. The summed E-state index contributed by atoms with van der Waals surface area (Å²) in [6.07, 6.45) is 3.08. The Labute approximate surface area is 122 Å². The molecular formula is C12H12IN3O3. The highest BCUT2D eigenvalue weighted by atomic mass is 127. The van der Waals surface area contributed by atoms with E-state index in [0.29, 0.717) is 5.76 Å². The van der Waals surface area contributed by atoms with Gasteiger partial charge in [-0.2, -0.15) is 5.10 Å². The maximum Gasteiger partial charge on any atom is 0.268 e. The van der Waals surface area contributed by atoms with Crippen LogP contribution >= 0.6 is 22.6 Å². The van der Waals surface area contributed by atoms with E-state index in [1.165, 1.54) is 18.5 Å². The molecule has 1 atom stereocenters. The predicted molar refractivity (Wildman–Crippen MR) is 76.5 cm³/mol. The van der Waals surface area contributed by atoms with Crippen LogP contribution in [0, 0.1) is 3.57 Å². The SMILES string of the molecule is CC(C(=O)NCc1ccco1)n1ncc(I)cc1=O.